The van der Waals surface area contributed by atoms with E-state index in [1.54, 1.807) is 0 Å². The van der Waals surface area contributed by atoms with Crippen molar-refractivity contribution in [2.75, 3.05) is 0 Å². The summed E-state index contributed by atoms with van der Waals surface area (Å²) in [5.41, 5.74) is 1.16. The predicted octanol–water partition coefficient (Wildman–Crippen LogP) is 3.54. The van der Waals surface area contributed by atoms with Gasteiger partial charge in [0, 0.05) is 29.4 Å². The van der Waals surface area contributed by atoms with Crippen LogP contribution >= 0.6 is 11.3 Å². The van der Waals surface area contributed by atoms with E-state index in [9.17, 15) is 4.79 Å². The molecule has 2 aliphatic heterocycles. The molecule has 3 atom stereocenters. The monoisotopic (exact) mass is 308 g/mol. The van der Waals surface area contributed by atoms with E-state index in [0.29, 0.717) is 30.5 Å². The van der Waals surface area contributed by atoms with Crippen LogP contribution in [0.4, 0.5) is 0 Å². The van der Waals surface area contributed by atoms with Crippen LogP contribution in [0.5, 0.6) is 0 Å². The number of carboxylic acids is 1. The van der Waals surface area contributed by atoms with Crippen molar-refractivity contribution in [2.24, 2.45) is 5.92 Å². The zero-order valence-electron chi connectivity index (χ0n) is 13.0. The summed E-state index contributed by atoms with van der Waals surface area (Å²) in [6.07, 6.45) is 4.88. The molecule has 4 nitrogen and oxygen atoms in total. The van der Waals surface area contributed by atoms with Gasteiger partial charge >= 0.3 is 5.97 Å². The second-order valence-electron chi connectivity index (χ2n) is 6.63. The van der Waals surface area contributed by atoms with E-state index in [4.69, 9.17) is 5.11 Å². The number of hydrogen-bond donors (Lipinski definition) is 1. The molecule has 0 saturated carbocycles. The summed E-state index contributed by atoms with van der Waals surface area (Å²) in [5, 5.41) is 10.2. The van der Waals surface area contributed by atoms with Gasteiger partial charge in [-0.25, -0.2) is 4.98 Å². The van der Waals surface area contributed by atoms with Gasteiger partial charge in [0.1, 0.15) is 0 Å². The van der Waals surface area contributed by atoms with Crippen LogP contribution in [0.1, 0.15) is 60.6 Å². The first kappa shape index (κ1) is 15.0. The van der Waals surface area contributed by atoms with Gasteiger partial charge < -0.3 is 5.11 Å². The number of rotatable bonds is 4. The smallest absolute Gasteiger partial charge is 0.303 e. The van der Waals surface area contributed by atoms with Crippen molar-refractivity contribution in [3.05, 3.63) is 15.6 Å². The quantitative estimate of drug-likeness (QED) is 0.924. The van der Waals surface area contributed by atoms with Gasteiger partial charge in [-0.1, -0.05) is 0 Å². The number of piperidine rings is 1. The predicted molar refractivity (Wildman–Crippen MR) is 83.6 cm³/mol. The molecule has 1 aromatic rings. The molecule has 0 aliphatic carbocycles. The molecule has 3 unspecified atom stereocenters. The van der Waals surface area contributed by atoms with Crippen LogP contribution in [-0.4, -0.2) is 33.0 Å². The minimum atomic E-state index is -0.644. The van der Waals surface area contributed by atoms with Crippen molar-refractivity contribution in [3.8, 4) is 0 Å². The Morgan fingerprint density at radius 3 is 2.48 bits per heavy atom. The molecule has 116 valence electrons. The molecule has 0 aromatic carbocycles. The molecule has 0 radical (unpaired) electrons. The van der Waals surface area contributed by atoms with Crippen LogP contribution < -0.4 is 0 Å². The van der Waals surface area contributed by atoms with Crippen molar-refractivity contribution in [1.82, 2.24) is 9.88 Å². The lowest BCUT2D eigenvalue weighted by Crippen LogP contribution is -2.44. The zero-order valence-corrected chi connectivity index (χ0v) is 13.8. The van der Waals surface area contributed by atoms with Crippen LogP contribution in [0.25, 0.3) is 0 Å². The Kier molecular flexibility index (Phi) is 4.06. The third-order valence-corrected chi connectivity index (χ3v) is 6.36. The summed E-state index contributed by atoms with van der Waals surface area (Å²) in [6.45, 7) is 6.47. The van der Waals surface area contributed by atoms with E-state index < -0.39 is 5.97 Å². The normalized spacial score (nSPS) is 30.5. The Bertz CT molecular complexity index is 528. The van der Waals surface area contributed by atoms with Gasteiger partial charge in [-0.15, -0.1) is 11.3 Å². The number of aliphatic carboxylic acids is 1. The minimum Gasteiger partial charge on any atom is -0.481 e. The molecule has 2 bridgehead atoms. The molecule has 2 fully saturated rings. The maximum Gasteiger partial charge on any atom is 0.303 e. The second kappa shape index (κ2) is 5.69. The summed E-state index contributed by atoms with van der Waals surface area (Å²) in [6, 6.07) is 1.54. The van der Waals surface area contributed by atoms with Crippen molar-refractivity contribution < 1.29 is 9.90 Å². The molecule has 21 heavy (non-hydrogen) atoms. The molecule has 2 saturated heterocycles. The van der Waals surface area contributed by atoms with E-state index in [2.05, 4.69) is 30.7 Å². The van der Waals surface area contributed by atoms with Gasteiger partial charge in [0.05, 0.1) is 10.7 Å². The van der Waals surface area contributed by atoms with Crippen LogP contribution in [0, 0.1) is 19.8 Å². The Labute approximate surface area is 130 Å². The lowest BCUT2D eigenvalue weighted by Gasteiger charge is -2.42. The number of hydrogen-bond acceptors (Lipinski definition) is 4. The third kappa shape index (κ3) is 2.86. The number of aryl methyl sites for hydroxylation is 2. The lowest BCUT2D eigenvalue weighted by molar-refractivity contribution is -0.138. The van der Waals surface area contributed by atoms with Crippen LogP contribution in [0.2, 0.25) is 0 Å². The standard InChI is InChI=1S/C16H24N2O2S/c1-9-16(21-11(3)17-9)10(2)18-13-4-5-14(18)7-12(6-13)8-15(19)20/h10,12-14H,4-8H2,1-3H3,(H,19,20). The van der Waals surface area contributed by atoms with Crippen LogP contribution in [0.3, 0.4) is 0 Å². The van der Waals surface area contributed by atoms with Gasteiger partial charge in [-0.2, -0.15) is 0 Å². The first-order valence-electron chi connectivity index (χ1n) is 7.89. The molecule has 5 heteroatoms. The maximum atomic E-state index is 11.0. The highest BCUT2D eigenvalue weighted by Crippen LogP contribution is 2.45. The highest BCUT2D eigenvalue weighted by atomic mass is 32.1. The Hall–Kier alpha value is -0.940. The van der Waals surface area contributed by atoms with Gasteiger partial charge in [0.15, 0.2) is 0 Å². The zero-order chi connectivity index (χ0) is 15.1. The van der Waals surface area contributed by atoms with Crippen molar-refractivity contribution in [3.63, 3.8) is 0 Å². The molecule has 0 spiro atoms. The minimum absolute atomic E-state index is 0.341. The fraction of sp³-hybridized carbons (Fsp3) is 0.750. The molecular formula is C16H24N2O2S. The highest BCUT2D eigenvalue weighted by Gasteiger charge is 2.43. The summed E-state index contributed by atoms with van der Waals surface area (Å²) < 4.78 is 0. The highest BCUT2D eigenvalue weighted by molar-refractivity contribution is 7.11. The van der Waals surface area contributed by atoms with E-state index >= 15 is 0 Å². The Balaban J connectivity index is 1.76. The SMILES string of the molecule is Cc1nc(C)c(C(C)N2C3CCC2CC(CC(=O)O)C3)s1. The van der Waals surface area contributed by atoms with Gasteiger partial charge in [0.25, 0.3) is 0 Å². The van der Waals surface area contributed by atoms with Crippen molar-refractivity contribution in [2.45, 2.75) is 71.0 Å². The first-order valence-corrected chi connectivity index (χ1v) is 8.70. The molecule has 1 N–H and O–H groups in total. The molecule has 1 aromatic heterocycles. The number of carbonyl (C=O) groups is 1. The molecule has 3 rings (SSSR count). The number of aromatic nitrogens is 1. The number of nitrogens with zero attached hydrogens (tertiary/aromatic N) is 2. The van der Waals surface area contributed by atoms with Crippen LogP contribution in [-0.2, 0) is 4.79 Å². The van der Waals surface area contributed by atoms with E-state index in [-0.39, 0.29) is 0 Å². The number of thiazole rings is 1. The first-order chi connectivity index (χ1) is 9.95. The average Bonchev–Trinajstić information content (AvgIpc) is 2.85. The maximum absolute atomic E-state index is 11.0. The summed E-state index contributed by atoms with van der Waals surface area (Å²) in [5.74, 6) is -0.275. The third-order valence-electron chi connectivity index (χ3n) is 5.12. The summed E-state index contributed by atoms with van der Waals surface area (Å²) in [4.78, 5) is 19.6. The Morgan fingerprint density at radius 2 is 2.00 bits per heavy atom. The lowest BCUT2D eigenvalue weighted by atomic mass is 9.87. The largest absolute Gasteiger partial charge is 0.481 e. The topological polar surface area (TPSA) is 53.4 Å². The number of fused-ring (bicyclic) bond motifs is 2. The molecular weight excluding hydrogens is 284 g/mol. The molecule has 3 heterocycles. The van der Waals surface area contributed by atoms with Gasteiger partial charge in [-0.3, -0.25) is 9.69 Å². The number of carboxylic acid groups (broad SMARTS) is 1. The molecule has 0 amide bonds. The fourth-order valence-electron chi connectivity index (χ4n) is 4.44. The van der Waals surface area contributed by atoms with Crippen molar-refractivity contribution in [1.29, 1.82) is 0 Å². The average molecular weight is 308 g/mol. The Morgan fingerprint density at radius 1 is 1.38 bits per heavy atom. The van der Waals surface area contributed by atoms with Gasteiger partial charge in [-0.05, 0) is 52.4 Å². The van der Waals surface area contributed by atoms with Crippen molar-refractivity contribution >= 4 is 17.3 Å². The van der Waals surface area contributed by atoms with Gasteiger partial charge in [0.2, 0.25) is 0 Å². The van der Waals surface area contributed by atoms with Crippen LogP contribution in [0.15, 0.2) is 0 Å². The summed E-state index contributed by atoms with van der Waals surface area (Å²) >= 11 is 1.81. The second-order valence-corrected chi connectivity index (χ2v) is 7.86. The van der Waals surface area contributed by atoms with E-state index in [0.717, 1.165) is 23.5 Å². The summed E-state index contributed by atoms with van der Waals surface area (Å²) in [7, 11) is 0. The molecule has 2 aliphatic rings. The van der Waals surface area contributed by atoms with E-state index in [1.165, 1.54) is 17.7 Å². The fourth-order valence-corrected chi connectivity index (χ4v) is 5.43. The van der Waals surface area contributed by atoms with E-state index in [1.807, 2.05) is 11.3 Å².